The minimum absolute atomic E-state index is 0.179. The Labute approximate surface area is 239 Å². The van der Waals surface area contributed by atoms with E-state index in [-0.39, 0.29) is 24.1 Å². The van der Waals surface area contributed by atoms with Crippen LogP contribution in [0.25, 0.3) is 5.52 Å². The highest BCUT2D eigenvalue weighted by Crippen LogP contribution is 2.33. The highest BCUT2D eigenvalue weighted by Gasteiger charge is 2.43. The lowest BCUT2D eigenvalue weighted by Gasteiger charge is -2.32. The summed E-state index contributed by atoms with van der Waals surface area (Å²) in [7, 11) is 1.38. The molecular weight excluding hydrogens is 526 g/mol. The maximum Gasteiger partial charge on any atom is 0.311 e. The molecule has 0 amide bonds. The number of Topliss-reactive ketones (excluding diaryl/α,β-unsaturated/α-hetero) is 2. The smallest absolute Gasteiger partial charge is 0.311 e. The monoisotopic (exact) mass is 559 g/mol. The number of carbonyl (C=O) groups excluding carboxylic acids is 3. The zero-order valence-electron chi connectivity index (χ0n) is 23.4. The number of ketones is 2. The fourth-order valence-electron chi connectivity index (χ4n) is 4.89. The number of benzene rings is 2. The highest BCUT2D eigenvalue weighted by molar-refractivity contribution is 6.30. The second-order valence-corrected chi connectivity index (χ2v) is 11.7. The van der Waals surface area contributed by atoms with E-state index in [1.54, 1.807) is 50.2 Å². The maximum atomic E-state index is 14.0. The molecule has 0 bridgehead atoms. The van der Waals surface area contributed by atoms with Crippen LogP contribution in [0.2, 0.25) is 5.02 Å². The number of rotatable bonds is 11. The van der Waals surface area contributed by atoms with Crippen LogP contribution in [-0.2, 0) is 27.3 Å². The van der Waals surface area contributed by atoms with Gasteiger partial charge in [-0.1, -0.05) is 41.9 Å². The van der Waals surface area contributed by atoms with Crippen molar-refractivity contribution in [3.63, 3.8) is 0 Å². The molecule has 208 valence electrons. The average Bonchev–Trinajstić information content (AvgIpc) is 3.33. The number of methoxy groups -OCH3 is 1. The standard InChI is InChI=1S/C33H34ClNO5/c1-32(2,31(38)39-5)19-23-17-27-18-25(15-16-35(27)20-23)29(37)33(3,4)30(40-21-22-9-7-6-8-10-22)28(36)24-11-13-26(34)14-12-24/h6-18,20,30H,19,21H2,1-5H3. The third-order valence-corrected chi connectivity index (χ3v) is 7.42. The van der Waals surface area contributed by atoms with Crippen LogP contribution in [0.4, 0.5) is 0 Å². The average molecular weight is 560 g/mol. The van der Waals surface area contributed by atoms with Crippen LogP contribution in [0.3, 0.4) is 0 Å². The Morgan fingerprint density at radius 2 is 1.55 bits per heavy atom. The molecule has 40 heavy (non-hydrogen) atoms. The van der Waals surface area contributed by atoms with Crippen LogP contribution < -0.4 is 0 Å². The van der Waals surface area contributed by atoms with Crippen LogP contribution in [0.1, 0.15) is 59.5 Å². The van der Waals surface area contributed by atoms with Crippen LogP contribution >= 0.6 is 11.6 Å². The lowest BCUT2D eigenvalue weighted by molar-refractivity contribution is -0.150. The Hall–Kier alpha value is -3.74. The fraction of sp³-hybridized carbons (Fsp3) is 0.303. The molecule has 0 saturated heterocycles. The molecule has 0 N–H and O–H groups in total. The van der Waals surface area contributed by atoms with Gasteiger partial charge in [-0.05, 0) is 87.7 Å². The summed E-state index contributed by atoms with van der Waals surface area (Å²) in [4.78, 5) is 39.9. The number of esters is 1. The van der Waals surface area contributed by atoms with E-state index < -0.39 is 16.9 Å². The predicted octanol–water partition coefficient (Wildman–Crippen LogP) is 7.01. The number of ether oxygens (including phenoxy) is 2. The van der Waals surface area contributed by atoms with E-state index in [4.69, 9.17) is 21.1 Å². The van der Waals surface area contributed by atoms with Gasteiger partial charge in [0, 0.05) is 34.1 Å². The van der Waals surface area contributed by atoms with Gasteiger partial charge in [0.1, 0.15) is 6.10 Å². The van der Waals surface area contributed by atoms with Gasteiger partial charge in [0.2, 0.25) is 0 Å². The molecule has 0 saturated carbocycles. The summed E-state index contributed by atoms with van der Waals surface area (Å²) in [5.41, 5.74) is 1.66. The summed E-state index contributed by atoms with van der Waals surface area (Å²) in [5.74, 6) is -0.790. The van der Waals surface area contributed by atoms with Crippen molar-refractivity contribution in [1.29, 1.82) is 0 Å². The second kappa shape index (κ2) is 11.8. The van der Waals surface area contributed by atoms with E-state index in [2.05, 4.69) is 0 Å². The fourth-order valence-corrected chi connectivity index (χ4v) is 5.01. The molecule has 0 spiro atoms. The largest absolute Gasteiger partial charge is 0.469 e. The molecule has 0 aliphatic carbocycles. The molecule has 1 atom stereocenters. The quantitative estimate of drug-likeness (QED) is 0.146. The predicted molar refractivity (Wildman–Crippen MR) is 156 cm³/mol. The second-order valence-electron chi connectivity index (χ2n) is 11.2. The summed E-state index contributed by atoms with van der Waals surface area (Å²) >= 11 is 6.04. The molecule has 2 heterocycles. The van der Waals surface area contributed by atoms with E-state index >= 15 is 0 Å². The van der Waals surface area contributed by atoms with E-state index in [1.165, 1.54) is 7.11 Å². The molecule has 2 aromatic carbocycles. The Morgan fingerprint density at radius 3 is 2.20 bits per heavy atom. The van der Waals surface area contributed by atoms with Gasteiger partial charge in [-0.15, -0.1) is 0 Å². The Morgan fingerprint density at radius 1 is 0.875 bits per heavy atom. The molecule has 0 aliphatic heterocycles. The van der Waals surface area contributed by atoms with Crippen molar-refractivity contribution < 1.29 is 23.9 Å². The minimum Gasteiger partial charge on any atom is -0.469 e. The molecule has 2 aromatic heterocycles. The van der Waals surface area contributed by atoms with Crippen molar-refractivity contribution in [2.45, 2.75) is 46.8 Å². The number of fused-ring (bicyclic) bond motifs is 1. The van der Waals surface area contributed by atoms with Crippen molar-refractivity contribution in [2.24, 2.45) is 10.8 Å². The minimum atomic E-state index is -1.19. The van der Waals surface area contributed by atoms with Crippen molar-refractivity contribution in [1.82, 2.24) is 4.40 Å². The van der Waals surface area contributed by atoms with Crippen molar-refractivity contribution >= 4 is 34.7 Å². The van der Waals surface area contributed by atoms with E-state index in [1.807, 2.05) is 67.0 Å². The first kappa shape index (κ1) is 29.2. The summed E-state index contributed by atoms with van der Waals surface area (Å²) < 4.78 is 13.1. The van der Waals surface area contributed by atoms with Gasteiger partial charge in [-0.3, -0.25) is 14.4 Å². The van der Waals surface area contributed by atoms with Crippen molar-refractivity contribution in [3.05, 3.63) is 112 Å². The SMILES string of the molecule is COC(=O)C(C)(C)Cc1cc2cc(C(=O)C(C)(C)C(OCc3ccccc3)C(=O)c3ccc(Cl)cc3)ccn2c1. The Kier molecular flexibility index (Phi) is 8.62. The molecule has 1 unspecified atom stereocenters. The number of halogens is 1. The molecule has 4 rings (SSSR count). The van der Waals surface area contributed by atoms with Crippen LogP contribution in [0.15, 0.2) is 85.2 Å². The number of carbonyl (C=O) groups is 3. The third-order valence-electron chi connectivity index (χ3n) is 7.17. The highest BCUT2D eigenvalue weighted by atomic mass is 35.5. The zero-order valence-corrected chi connectivity index (χ0v) is 24.2. The summed E-state index contributed by atoms with van der Waals surface area (Å²) in [6.45, 7) is 7.34. The van der Waals surface area contributed by atoms with Gasteiger partial charge in [-0.25, -0.2) is 0 Å². The first-order valence-corrected chi connectivity index (χ1v) is 13.5. The number of hydrogen-bond acceptors (Lipinski definition) is 5. The normalized spacial score (nSPS) is 12.8. The third kappa shape index (κ3) is 6.35. The summed E-state index contributed by atoms with van der Waals surface area (Å²) in [5, 5.41) is 0.517. The van der Waals surface area contributed by atoms with Crippen molar-refractivity contribution in [3.8, 4) is 0 Å². The van der Waals surface area contributed by atoms with E-state index in [0.717, 1.165) is 16.6 Å². The van der Waals surface area contributed by atoms with Gasteiger partial charge in [0.05, 0.1) is 24.5 Å². The Balaban J connectivity index is 1.64. The van der Waals surface area contributed by atoms with E-state index in [9.17, 15) is 14.4 Å². The number of pyridine rings is 1. The maximum absolute atomic E-state index is 14.0. The van der Waals surface area contributed by atoms with Gasteiger partial charge in [-0.2, -0.15) is 0 Å². The number of hydrogen-bond donors (Lipinski definition) is 0. The van der Waals surface area contributed by atoms with Crippen LogP contribution in [-0.4, -0.2) is 35.2 Å². The molecule has 0 fully saturated rings. The van der Waals surface area contributed by atoms with E-state index in [0.29, 0.717) is 22.6 Å². The molecule has 0 aliphatic rings. The van der Waals surface area contributed by atoms with Gasteiger partial charge < -0.3 is 13.9 Å². The molecule has 7 heteroatoms. The van der Waals surface area contributed by atoms with Gasteiger partial charge >= 0.3 is 5.97 Å². The zero-order chi connectivity index (χ0) is 29.1. The first-order chi connectivity index (χ1) is 18.9. The lowest BCUT2D eigenvalue weighted by Crippen LogP contribution is -2.44. The molecule has 4 aromatic rings. The van der Waals surface area contributed by atoms with Crippen molar-refractivity contribution in [2.75, 3.05) is 7.11 Å². The topological polar surface area (TPSA) is 74.1 Å². The first-order valence-electron chi connectivity index (χ1n) is 13.1. The summed E-state index contributed by atoms with van der Waals surface area (Å²) in [6, 6.07) is 21.6. The lowest BCUT2D eigenvalue weighted by atomic mass is 9.76. The molecule has 6 nitrogen and oxygen atoms in total. The summed E-state index contributed by atoms with van der Waals surface area (Å²) in [6.07, 6.45) is 3.20. The van der Waals surface area contributed by atoms with Crippen LogP contribution in [0.5, 0.6) is 0 Å². The molecule has 0 radical (unpaired) electrons. The molecular formula is C33H34ClNO5. The number of aromatic nitrogens is 1. The van der Waals surface area contributed by atoms with Crippen LogP contribution in [0, 0.1) is 10.8 Å². The van der Waals surface area contributed by atoms with Gasteiger partial charge in [0.25, 0.3) is 0 Å². The Bertz CT molecular complexity index is 1520. The van der Waals surface area contributed by atoms with Gasteiger partial charge in [0.15, 0.2) is 11.6 Å². The number of nitrogens with zero attached hydrogens (tertiary/aromatic N) is 1.